The van der Waals surface area contributed by atoms with Gasteiger partial charge in [-0.25, -0.2) is 0 Å². The number of carboxylic acid groups (broad SMARTS) is 1. The average molecular weight is 388 g/mol. The third-order valence-electron chi connectivity index (χ3n) is 5.92. The van der Waals surface area contributed by atoms with Crippen molar-refractivity contribution in [1.29, 1.82) is 0 Å². The number of amides is 2. The van der Waals surface area contributed by atoms with Crippen molar-refractivity contribution in [3.8, 4) is 5.75 Å². The summed E-state index contributed by atoms with van der Waals surface area (Å²) in [5.41, 5.74) is 0.438. The second-order valence-corrected chi connectivity index (χ2v) is 7.70. The maximum atomic E-state index is 13.4. The molecule has 2 amide bonds. The summed E-state index contributed by atoms with van der Waals surface area (Å²) in [6.07, 6.45) is 3.68. The Morgan fingerprint density at radius 1 is 1.21 bits per heavy atom. The van der Waals surface area contributed by atoms with E-state index in [2.05, 4.69) is 0 Å². The zero-order valence-corrected chi connectivity index (χ0v) is 16.5. The summed E-state index contributed by atoms with van der Waals surface area (Å²) >= 11 is 0. The van der Waals surface area contributed by atoms with Gasteiger partial charge in [-0.3, -0.25) is 14.4 Å². The predicted molar refractivity (Wildman–Crippen MR) is 103 cm³/mol. The van der Waals surface area contributed by atoms with Crippen molar-refractivity contribution in [1.82, 2.24) is 9.80 Å². The van der Waals surface area contributed by atoms with Crippen LogP contribution in [0.15, 0.2) is 24.3 Å². The van der Waals surface area contributed by atoms with Gasteiger partial charge in [-0.15, -0.1) is 0 Å². The summed E-state index contributed by atoms with van der Waals surface area (Å²) in [6.45, 7) is 2.27. The first-order valence-electron chi connectivity index (χ1n) is 9.81. The molecule has 1 aromatic carbocycles. The number of rotatable bonds is 6. The third-order valence-corrected chi connectivity index (χ3v) is 5.92. The van der Waals surface area contributed by atoms with Crippen LogP contribution in [0.4, 0.5) is 0 Å². The number of hydrogen-bond acceptors (Lipinski definition) is 4. The predicted octanol–water partition coefficient (Wildman–Crippen LogP) is 2.04. The summed E-state index contributed by atoms with van der Waals surface area (Å²) in [6, 6.07) is 7.54. The summed E-state index contributed by atoms with van der Waals surface area (Å²) in [5, 5.41) is 9.09. The van der Waals surface area contributed by atoms with Crippen molar-refractivity contribution < 1.29 is 24.2 Å². The van der Waals surface area contributed by atoms with E-state index >= 15 is 0 Å². The molecule has 1 saturated carbocycles. The van der Waals surface area contributed by atoms with Gasteiger partial charge in [0.05, 0.1) is 12.5 Å². The fraction of sp³-hybridized carbons (Fsp3) is 0.571. The van der Waals surface area contributed by atoms with Gasteiger partial charge in [-0.05, 0) is 38.2 Å². The molecule has 1 saturated heterocycles. The maximum absolute atomic E-state index is 13.4. The lowest BCUT2D eigenvalue weighted by Gasteiger charge is -2.30. The molecule has 2 fully saturated rings. The van der Waals surface area contributed by atoms with E-state index in [0.29, 0.717) is 25.9 Å². The van der Waals surface area contributed by atoms with Gasteiger partial charge in [0.15, 0.2) is 0 Å². The molecule has 3 rings (SSSR count). The molecule has 0 spiro atoms. The Bertz CT molecular complexity index is 759. The van der Waals surface area contributed by atoms with E-state index < -0.39 is 11.4 Å². The highest BCUT2D eigenvalue weighted by Gasteiger charge is 2.54. The summed E-state index contributed by atoms with van der Waals surface area (Å²) in [7, 11) is 1.62. The first-order valence-corrected chi connectivity index (χ1v) is 9.81. The standard InChI is InChI=1S/C21H28N2O5/c1-15(24)23(14-19(25)26)16-6-5-12-22(13-9-16)20(27)21(10-11-21)17-7-3-4-8-18(17)28-2/h3-4,7-8,16H,5-6,9-14H2,1-2H3,(H,25,26). The second kappa shape index (κ2) is 8.20. The Labute approximate surface area is 165 Å². The minimum Gasteiger partial charge on any atom is -0.496 e. The Kier molecular flexibility index (Phi) is 5.91. The van der Waals surface area contributed by atoms with Gasteiger partial charge >= 0.3 is 5.97 Å². The second-order valence-electron chi connectivity index (χ2n) is 7.70. The van der Waals surface area contributed by atoms with Crippen LogP contribution >= 0.6 is 0 Å². The molecule has 1 atom stereocenters. The smallest absolute Gasteiger partial charge is 0.323 e. The van der Waals surface area contributed by atoms with Crippen molar-refractivity contribution in [3.05, 3.63) is 29.8 Å². The largest absolute Gasteiger partial charge is 0.496 e. The molecule has 1 heterocycles. The molecule has 1 aromatic rings. The van der Waals surface area contributed by atoms with Crippen molar-refractivity contribution in [2.45, 2.75) is 50.5 Å². The van der Waals surface area contributed by atoms with E-state index in [-0.39, 0.29) is 24.4 Å². The normalized spacial score (nSPS) is 20.8. The van der Waals surface area contributed by atoms with Crippen LogP contribution in [0, 0.1) is 0 Å². The van der Waals surface area contributed by atoms with Crippen LogP contribution in [0.5, 0.6) is 5.75 Å². The number of methoxy groups -OCH3 is 1. The van der Waals surface area contributed by atoms with Crippen LogP contribution in [-0.2, 0) is 19.8 Å². The van der Waals surface area contributed by atoms with Crippen LogP contribution in [-0.4, -0.2) is 65.5 Å². The number of benzene rings is 1. The number of nitrogens with zero attached hydrogens (tertiary/aromatic N) is 2. The molecule has 1 aliphatic heterocycles. The number of hydrogen-bond donors (Lipinski definition) is 1. The van der Waals surface area contributed by atoms with Crippen LogP contribution < -0.4 is 4.74 Å². The lowest BCUT2D eigenvalue weighted by Crippen LogP contribution is -2.44. The molecule has 152 valence electrons. The quantitative estimate of drug-likeness (QED) is 0.806. The first-order chi connectivity index (χ1) is 13.4. The number of carbonyl (C=O) groups excluding carboxylic acids is 2. The summed E-state index contributed by atoms with van der Waals surface area (Å²) in [4.78, 5) is 39.7. The van der Waals surface area contributed by atoms with Gasteiger partial charge in [0, 0.05) is 31.6 Å². The lowest BCUT2D eigenvalue weighted by atomic mass is 9.93. The van der Waals surface area contributed by atoms with E-state index in [9.17, 15) is 14.4 Å². The Morgan fingerprint density at radius 3 is 2.54 bits per heavy atom. The number of carbonyl (C=O) groups is 3. The topological polar surface area (TPSA) is 87.2 Å². The van der Waals surface area contributed by atoms with Crippen molar-refractivity contribution in [2.24, 2.45) is 0 Å². The molecule has 0 radical (unpaired) electrons. The number of ether oxygens (including phenoxy) is 1. The Hall–Kier alpha value is -2.57. The van der Waals surface area contributed by atoms with E-state index in [1.54, 1.807) is 7.11 Å². The number of carboxylic acids is 1. The molecule has 28 heavy (non-hydrogen) atoms. The zero-order valence-electron chi connectivity index (χ0n) is 16.5. The van der Waals surface area contributed by atoms with Crippen LogP contribution in [0.1, 0.15) is 44.6 Å². The van der Waals surface area contributed by atoms with E-state index in [0.717, 1.165) is 30.6 Å². The molecule has 7 nitrogen and oxygen atoms in total. The SMILES string of the molecule is COc1ccccc1C1(C(=O)N2CCCC(N(CC(=O)O)C(C)=O)CC2)CC1. The first kappa shape index (κ1) is 20.2. The van der Waals surface area contributed by atoms with Gasteiger partial charge in [-0.1, -0.05) is 18.2 Å². The van der Waals surface area contributed by atoms with Crippen molar-refractivity contribution in [3.63, 3.8) is 0 Å². The van der Waals surface area contributed by atoms with Gasteiger partial charge in [0.2, 0.25) is 11.8 Å². The molecule has 1 aliphatic carbocycles. The molecule has 7 heteroatoms. The van der Waals surface area contributed by atoms with Gasteiger partial charge < -0.3 is 19.6 Å². The van der Waals surface area contributed by atoms with Gasteiger partial charge in [0.1, 0.15) is 12.3 Å². The molecule has 1 unspecified atom stereocenters. The maximum Gasteiger partial charge on any atom is 0.323 e. The monoisotopic (exact) mass is 388 g/mol. The minimum atomic E-state index is -1.01. The molecule has 1 N–H and O–H groups in total. The zero-order chi connectivity index (χ0) is 20.3. The van der Waals surface area contributed by atoms with Gasteiger partial charge in [-0.2, -0.15) is 0 Å². The van der Waals surface area contributed by atoms with E-state index in [4.69, 9.17) is 9.84 Å². The van der Waals surface area contributed by atoms with Crippen LogP contribution in [0.3, 0.4) is 0 Å². The molecular formula is C21H28N2O5. The van der Waals surface area contributed by atoms with Gasteiger partial charge in [0.25, 0.3) is 0 Å². The highest BCUT2D eigenvalue weighted by atomic mass is 16.5. The molecule has 0 aromatic heterocycles. The minimum absolute atomic E-state index is 0.116. The highest BCUT2D eigenvalue weighted by Crippen LogP contribution is 2.52. The number of aliphatic carboxylic acids is 1. The number of likely N-dealkylation sites (tertiary alicyclic amines) is 1. The summed E-state index contributed by atoms with van der Waals surface area (Å²) < 4.78 is 5.48. The molecule has 2 aliphatic rings. The fourth-order valence-electron chi connectivity index (χ4n) is 4.30. The molecular weight excluding hydrogens is 360 g/mol. The lowest BCUT2D eigenvalue weighted by molar-refractivity contribution is -0.145. The van der Waals surface area contributed by atoms with E-state index in [1.807, 2.05) is 29.2 Å². The molecule has 0 bridgehead atoms. The van der Waals surface area contributed by atoms with Crippen LogP contribution in [0.25, 0.3) is 0 Å². The highest BCUT2D eigenvalue weighted by molar-refractivity contribution is 5.92. The third kappa shape index (κ3) is 3.98. The number of para-hydroxylation sites is 1. The van der Waals surface area contributed by atoms with Crippen molar-refractivity contribution in [2.75, 3.05) is 26.7 Å². The van der Waals surface area contributed by atoms with Crippen LogP contribution in [0.2, 0.25) is 0 Å². The average Bonchev–Trinajstić information content (AvgIpc) is 3.50. The Balaban J connectivity index is 1.72. The van der Waals surface area contributed by atoms with Crippen molar-refractivity contribution >= 4 is 17.8 Å². The Morgan fingerprint density at radius 2 is 1.93 bits per heavy atom. The van der Waals surface area contributed by atoms with E-state index in [1.165, 1.54) is 11.8 Å². The fourth-order valence-corrected chi connectivity index (χ4v) is 4.30. The summed E-state index contributed by atoms with van der Waals surface area (Å²) in [5.74, 6) is -0.393.